The van der Waals surface area contributed by atoms with Crippen molar-refractivity contribution in [2.24, 2.45) is 17.8 Å². The average Bonchev–Trinajstić information content (AvgIpc) is 3.33. The molecule has 0 bridgehead atoms. The fraction of sp³-hybridized carbons (Fsp3) is 0.407. The number of aliphatic hydroxyl groups is 1. The molecule has 2 aliphatic heterocycles. The molecule has 2 saturated heterocycles. The highest BCUT2D eigenvalue weighted by Gasteiger charge is 2.50. The summed E-state index contributed by atoms with van der Waals surface area (Å²) in [5.41, 5.74) is 0.914. The van der Waals surface area contributed by atoms with E-state index in [1.807, 2.05) is 47.9 Å². The van der Waals surface area contributed by atoms with Crippen LogP contribution in [0.4, 0.5) is 10.1 Å². The summed E-state index contributed by atoms with van der Waals surface area (Å²) in [6.45, 7) is 5.67. The van der Waals surface area contributed by atoms with Gasteiger partial charge in [-0.05, 0) is 24.3 Å². The van der Waals surface area contributed by atoms with Gasteiger partial charge in [-0.1, -0.05) is 31.5 Å². The number of likely N-dealkylation sites (tertiary alicyclic amines) is 1. The Labute approximate surface area is 215 Å². The van der Waals surface area contributed by atoms with Crippen LogP contribution in [-0.4, -0.2) is 57.0 Å². The van der Waals surface area contributed by atoms with Gasteiger partial charge in [-0.25, -0.2) is 4.39 Å². The first kappa shape index (κ1) is 24.6. The van der Waals surface area contributed by atoms with Crippen LogP contribution >= 0.6 is 11.6 Å². The maximum absolute atomic E-state index is 14.0. The molecule has 188 valence electrons. The Morgan fingerprint density at radius 1 is 1.06 bits per heavy atom. The molecule has 9 heteroatoms. The molecule has 3 aromatic rings. The van der Waals surface area contributed by atoms with Crippen LogP contribution in [0.25, 0.3) is 0 Å². The van der Waals surface area contributed by atoms with Crippen molar-refractivity contribution in [1.82, 2.24) is 19.9 Å². The number of pyridine rings is 3. The summed E-state index contributed by atoms with van der Waals surface area (Å²) in [6, 6.07) is 10.6. The lowest BCUT2D eigenvalue weighted by Gasteiger charge is -2.48. The van der Waals surface area contributed by atoms with Crippen LogP contribution in [0, 0.1) is 23.6 Å². The van der Waals surface area contributed by atoms with Crippen molar-refractivity contribution in [3.63, 3.8) is 0 Å². The lowest BCUT2D eigenvalue weighted by Crippen LogP contribution is -2.57. The summed E-state index contributed by atoms with van der Waals surface area (Å²) in [4.78, 5) is 30.7. The van der Waals surface area contributed by atoms with Crippen LogP contribution < -0.4 is 4.90 Å². The van der Waals surface area contributed by atoms with Crippen molar-refractivity contribution in [2.75, 3.05) is 31.1 Å². The van der Waals surface area contributed by atoms with Gasteiger partial charge in [-0.15, -0.1) is 0 Å². The third-order valence-corrected chi connectivity index (χ3v) is 7.92. The molecule has 5 atom stereocenters. The van der Waals surface area contributed by atoms with Crippen LogP contribution in [0.3, 0.4) is 0 Å². The summed E-state index contributed by atoms with van der Waals surface area (Å²) in [5.74, 6) is -1.42. The minimum absolute atomic E-state index is 0.00498. The quantitative estimate of drug-likeness (QED) is 0.574. The number of piperidine rings is 1. The van der Waals surface area contributed by atoms with Gasteiger partial charge in [0.1, 0.15) is 11.4 Å². The normalized spacial score (nSPS) is 28.4. The van der Waals surface area contributed by atoms with Crippen LogP contribution in [-0.2, 0) is 10.4 Å². The Balaban J connectivity index is 1.41. The maximum atomic E-state index is 14.0. The highest BCUT2D eigenvalue weighted by atomic mass is 35.5. The zero-order valence-corrected chi connectivity index (χ0v) is 21.0. The number of halogens is 2. The van der Waals surface area contributed by atoms with Crippen LogP contribution in [0.15, 0.2) is 61.2 Å². The van der Waals surface area contributed by atoms with E-state index in [0.717, 1.165) is 5.69 Å². The number of carbonyl (C=O) groups excluding carboxylic acids is 1. The third kappa shape index (κ3) is 4.44. The Hall–Kier alpha value is -3.10. The van der Waals surface area contributed by atoms with Gasteiger partial charge in [0, 0.05) is 68.1 Å². The number of amides is 1. The van der Waals surface area contributed by atoms with E-state index in [0.29, 0.717) is 42.6 Å². The number of carbonyl (C=O) groups is 1. The highest BCUT2D eigenvalue weighted by molar-refractivity contribution is 6.30. The van der Waals surface area contributed by atoms with E-state index in [9.17, 15) is 14.3 Å². The summed E-state index contributed by atoms with van der Waals surface area (Å²) in [5, 5.41) is 12.2. The fourth-order valence-corrected chi connectivity index (χ4v) is 5.88. The van der Waals surface area contributed by atoms with Gasteiger partial charge >= 0.3 is 0 Å². The molecule has 7 nitrogen and oxygen atoms in total. The van der Waals surface area contributed by atoms with E-state index in [-0.39, 0.29) is 29.6 Å². The lowest BCUT2D eigenvalue weighted by molar-refractivity contribution is -0.153. The smallest absolute Gasteiger partial charge is 0.228 e. The zero-order chi connectivity index (χ0) is 25.4. The second-order valence-corrected chi connectivity index (χ2v) is 10.4. The SMILES string of the molecule is C[C@@H]1CN(C(=O)[C@@H]2CN(c3cncc(F)c3)C[C@H]2c2ccc(Cl)cn2)C[C@H](C)[C@@]1(O)c1ccccn1. The highest BCUT2D eigenvalue weighted by Crippen LogP contribution is 2.42. The molecule has 5 rings (SSSR count). The number of anilines is 1. The number of rotatable bonds is 4. The second kappa shape index (κ2) is 9.75. The predicted molar refractivity (Wildman–Crippen MR) is 135 cm³/mol. The molecule has 0 aliphatic carbocycles. The van der Waals surface area contributed by atoms with Crippen LogP contribution in [0.1, 0.15) is 31.2 Å². The first-order valence-corrected chi connectivity index (χ1v) is 12.5. The topological polar surface area (TPSA) is 82.5 Å². The van der Waals surface area contributed by atoms with Gasteiger partial charge in [0.05, 0.1) is 34.7 Å². The minimum Gasteiger partial charge on any atom is -0.383 e. The molecule has 0 saturated carbocycles. The summed E-state index contributed by atoms with van der Waals surface area (Å²) >= 11 is 6.06. The van der Waals surface area contributed by atoms with Crippen molar-refractivity contribution in [3.8, 4) is 0 Å². The molecular weight excluding hydrogens is 481 g/mol. The molecule has 0 radical (unpaired) electrons. The molecular formula is C27H29ClFN5O2. The van der Waals surface area contributed by atoms with Gasteiger partial charge < -0.3 is 14.9 Å². The number of hydrogen-bond acceptors (Lipinski definition) is 6. The van der Waals surface area contributed by atoms with E-state index in [4.69, 9.17) is 11.6 Å². The molecule has 2 aliphatic rings. The standard InChI is InChI=1S/C27H29ClFN5O2/c1-17-13-34(14-18(2)27(17,36)25-5-3-4-8-31-25)26(35)23-16-33(21-9-20(29)11-30-12-21)15-22(23)24-7-6-19(28)10-32-24/h3-12,17-18,22-23,36H,13-16H2,1-2H3/t17-,18+,22-,23-,27-/m1/s1. The molecule has 2 fully saturated rings. The van der Waals surface area contributed by atoms with Crippen LogP contribution in [0.5, 0.6) is 0 Å². The maximum Gasteiger partial charge on any atom is 0.228 e. The Morgan fingerprint density at radius 3 is 2.47 bits per heavy atom. The van der Waals surface area contributed by atoms with Crippen molar-refractivity contribution < 1.29 is 14.3 Å². The first-order valence-electron chi connectivity index (χ1n) is 12.2. The Bertz CT molecular complexity index is 1220. The van der Waals surface area contributed by atoms with Crippen molar-refractivity contribution in [3.05, 3.63) is 83.4 Å². The average molecular weight is 510 g/mol. The fourth-order valence-electron chi connectivity index (χ4n) is 5.76. The molecule has 0 aromatic carbocycles. The molecule has 5 heterocycles. The summed E-state index contributed by atoms with van der Waals surface area (Å²) < 4.78 is 13.9. The van der Waals surface area contributed by atoms with E-state index < -0.39 is 11.4 Å². The van der Waals surface area contributed by atoms with Crippen molar-refractivity contribution >= 4 is 23.2 Å². The molecule has 36 heavy (non-hydrogen) atoms. The van der Waals surface area contributed by atoms with Gasteiger partial charge in [-0.2, -0.15) is 0 Å². The Morgan fingerprint density at radius 2 is 1.83 bits per heavy atom. The second-order valence-electron chi connectivity index (χ2n) is 9.97. The molecule has 0 unspecified atom stereocenters. The van der Waals surface area contributed by atoms with E-state index >= 15 is 0 Å². The number of nitrogens with zero attached hydrogens (tertiary/aromatic N) is 5. The van der Waals surface area contributed by atoms with Gasteiger partial charge in [0.2, 0.25) is 5.91 Å². The van der Waals surface area contributed by atoms with Crippen molar-refractivity contribution in [1.29, 1.82) is 0 Å². The minimum atomic E-state index is -1.12. The molecule has 3 aromatic heterocycles. The van der Waals surface area contributed by atoms with E-state index in [2.05, 4.69) is 15.0 Å². The largest absolute Gasteiger partial charge is 0.383 e. The predicted octanol–water partition coefficient (Wildman–Crippen LogP) is 3.89. The van der Waals surface area contributed by atoms with Crippen LogP contribution in [0.2, 0.25) is 5.02 Å². The monoisotopic (exact) mass is 509 g/mol. The van der Waals surface area contributed by atoms with Gasteiger partial charge in [-0.3, -0.25) is 19.7 Å². The summed E-state index contributed by atoms with van der Waals surface area (Å²) in [7, 11) is 0. The molecule has 1 amide bonds. The zero-order valence-electron chi connectivity index (χ0n) is 20.3. The first-order chi connectivity index (χ1) is 17.3. The summed E-state index contributed by atoms with van der Waals surface area (Å²) in [6.07, 6.45) is 6.05. The number of aromatic nitrogens is 3. The lowest BCUT2D eigenvalue weighted by atomic mass is 9.72. The molecule has 1 N–H and O–H groups in total. The van der Waals surface area contributed by atoms with E-state index in [1.54, 1.807) is 24.7 Å². The van der Waals surface area contributed by atoms with Gasteiger partial charge in [0.25, 0.3) is 0 Å². The van der Waals surface area contributed by atoms with Crippen molar-refractivity contribution in [2.45, 2.75) is 25.4 Å². The van der Waals surface area contributed by atoms with E-state index in [1.165, 1.54) is 12.3 Å². The number of hydrogen-bond donors (Lipinski definition) is 1. The third-order valence-electron chi connectivity index (χ3n) is 7.70. The molecule has 0 spiro atoms. The Kier molecular flexibility index (Phi) is 6.66. The van der Waals surface area contributed by atoms with Gasteiger partial charge in [0.15, 0.2) is 0 Å².